The molecule has 2 nitrogen and oxygen atoms in total. The molecule has 0 amide bonds. The molecule has 0 fully saturated rings. The lowest BCUT2D eigenvalue weighted by Crippen LogP contribution is -2.05. The van der Waals surface area contributed by atoms with Crippen LogP contribution in [0.25, 0.3) is 0 Å². The molecule has 4 heteroatoms. The highest BCUT2D eigenvalue weighted by Gasteiger charge is 2.07. The standard InChI is InChI=1S/C15H13FO2S/c16-14-3-1-2-4-15(14)19-10-13(18)9-11-5-7-12(17)8-6-11/h1-8,17H,9-10H2. The van der Waals surface area contributed by atoms with Gasteiger partial charge in [-0.05, 0) is 29.8 Å². The van der Waals surface area contributed by atoms with Crippen LogP contribution in [-0.2, 0) is 11.2 Å². The Labute approximate surface area is 115 Å². The van der Waals surface area contributed by atoms with Crippen molar-refractivity contribution in [1.82, 2.24) is 0 Å². The molecule has 2 aromatic rings. The monoisotopic (exact) mass is 276 g/mol. The van der Waals surface area contributed by atoms with Gasteiger partial charge in [0.15, 0.2) is 0 Å². The lowest BCUT2D eigenvalue weighted by atomic mass is 10.1. The van der Waals surface area contributed by atoms with Crippen LogP contribution in [0.2, 0.25) is 0 Å². The van der Waals surface area contributed by atoms with Crippen molar-refractivity contribution in [3.63, 3.8) is 0 Å². The average Bonchev–Trinajstić information content (AvgIpc) is 2.40. The van der Waals surface area contributed by atoms with E-state index in [1.807, 2.05) is 0 Å². The molecule has 0 spiro atoms. The molecule has 0 atom stereocenters. The summed E-state index contributed by atoms with van der Waals surface area (Å²) < 4.78 is 13.4. The van der Waals surface area contributed by atoms with Crippen LogP contribution in [0, 0.1) is 5.82 Å². The number of halogens is 1. The summed E-state index contributed by atoms with van der Waals surface area (Å²) in [6.07, 6.45) is 0.293. The van der Waals surface area contributed by atoms with E-state index in [0.29, 0.717) is 11.3 Å². The van der Waals surface area contributed by atoms with Gasteiger partial charge in [0.1, 0.15) is 17.3 Å². The first kappa shape index (κ1) is 13.6. The maximum absolute atomic E-state index is 13.4. The van der Waals surface area contributed by atoms with Crippen LogP contribution in [0.3, 0.4) is 0 Å². The van der Waals surface area contributed by atoms with Crippen molar-refractivity contribution in [1.29, 1.82) is 0 Å². The molecule has 2 aromatic carbocycles. The highest BCUT2D eigenvalue weighted by atomic mass is 32.2. The van der Waals surface area contributed by atoms with Gasteiger partial charge in [-0.2, -0.15) is 0 Å². The summed E-state index contributed by atoms with van der Waals surface area (Å²) in [7, 11) is 0. The minimum Gasteiger partial charge on any atom is -0.508 e. The van der Waals surface area contributed by atoms with Gasteiger partial charge in [0.25, 0.3) is 0 Å². The number of rotatable bonds is 5. The average molecular weight is 276 g/mol. The normalized spacial score (nSPS) is 10.4. The van der Waals surface area contributed by atoms with Gasteiger partial charge in [-0.3, -0.25) is 4.79 Å². The van der Waals surface area contributed by atoms with Crippen LogP contribution in [0.5, 0.6) is 5.75 Å². The largest absolute Gasteiger partial charge is 0.508 e. The molecule has 0 aromatic heterocycles. The summed E-state index contributed by atoms with van der Waals surface area (Å²) >= 11 is 1.20. The third-order valence-electron chi connectivity index (χ3n) is 2.56. The van der Waals surface area contributed by atoms with Gasteiger partial charge in [0.05, 0.1) is 5.75 Å². The highest BCUT2D eigenvalue weighted by molar-refractivity contribution is 8.00. The van der Waals surface area contributed by atoms with Gasteiger partial charge in [0.2, 0.25) is 0 Å². The Morgan fingerprint density at radius 1 is 1.11 bits per heavy atom. The Kier molecular flexibility index (Phi) is 4.58. The molecule has 0 unspecified atom stereocenters. The third-order valence-corrected chi connectivity index (χ3v) is 3.67. The van der Waals surface area contributed by atoms with E-state index in [0.717, 1.165) is 5.56 Å². The Morgan fingerprint density at radius 2 is 1.79 bits per heavy atom. The van der Waals surface area contributed by atoms with E-state index < -0.39 is 0 Å². The summed E-state index contributed by atoms with van der Waals surface area (Å²) in [6.45, 7) is 0. The highest BCUT2D eigenvalue weighted by Crippen LogP contribution is 2.21. The van der Waals surface area contributed by atoms with Gasteiger partial charge in [0, 0.05) is 11.3 Å². The first-order chi connectivity index (χ1) is 9.15. The van der Waals surface area contributed by atoms with Crippen molar-refractivity contribution >= 4 is 17.5 Å². The van der Waals surface area contributed by atoms with Crippen molar-refractivity contribution in [2.45, 2.75) is 11.3 Å². The quantitative estimate of drug-likeness (QED) is 0.850. The minimum atomic E-state index is -0.301. The molecule has 0 saturated carbocycles. The fourth-order valence-electron chi connectivity index (χ4n) is 1.61. The van der Waals surface area contributed by atoms with Crippen LogP contribution in [0.4, 0.5) is 4.39 Å². The summed E-state index contributed by atoms with van der Waals surface area (Å²) in [6, 6.07) is 12.9. The van der Waals surface area contributed by atoms with Crippen LogP contribution in [-0.4, -0.2) is 16.6 Å². The fourth-order valence-corrected chi connectivity index (χ4v) is 2.41. The number of Topliss-reactive ketones (excluding diaryl/α,β-unsaturated/α-hetero) is 1. The van der Waals surface area contributed by atoms with E-state index in [1.165, 1.54) is 17.8 Å². The van der Waals surface area contributed by atoms with E-state index in [1.54, 1.807) is 42.5 Å². The summed E-state index contributed by atoms with van der Waals surface area (Å²) in [5, 5.41) is 9.14. The van der Waals surface area contributed by atoms with Crippen molar-refractivity contribution < 1.29 is 14.3 Å². The van der Waals surface area contributed by atoms with Crippen molar-refractivity contribution in [3.05, 3.63) is 59.9 Å². The zero-order valence-corrected chi connectivity index (χ0v) is 11.0. The van der Waals surface area contributed by atoms with Gasteiger partial charge >= 0.3 is 0 Å². The first-order valence-corrected chi connectivity index (χ1v) is 6.80. The number of hydrogen-bond donors (Lipinski definition) is 1. The zero-order chi connectivity index (χ0) is 13.7. The Hall–Kier alpha value is -1.81. The molecular formula is C15H13FO2S. The molecule has 2 rings (SSSR count). The maximum Gasteiger partial charge on any atom is 0.147 e. The van der Waals surface area contributed by atoms with E-state index in [2.05, 4.69) is 0 Å². The molecular weight excluding hydrogens is 263 g/mol. The molecule has 1 N–H and O–H groups in total. The predicted molar refractivity (Wildman–Crippen MR) is 73.9 cm³/mol. The number of carbonyl (C=O) groups excluding carboxylic acids is 1. The number of hydrogen-bond acceptors (Lipinski definition) is 3. The molecule has 0 saturated heterocycles. The second-order valence-electron chi connectivity index (χ2n) is 4.10. The topological polar surface area (TPSA) is 37.3 Å². The summed E-state index contributed by atoms with van der Waals surface area (Å²) in [5.74, 6) is 0.141. The fraction of sp³-hybridized carbons (Fsp3) is 0.133. The van der Waals surface area contributed by atoms with Crippen LogP contribution < -0.4 is 0 Å². The van der Waals surface area contributed by atoms with Gasteiger partial charge in [-0.1, -0.05) is 24.3 Å². The van der Waals surface area contributed by atoms with Crippen LogP contribution >= 0.6 is 11.8 Å². The molecule has 0 aliphatic rings. The van der Waals surface area contributed by atoms with E-state index >= 15 is 0 Å². The Balaban J connectivity index is 1.88. The number of thioether (sulfide) groups is 1. The van der Waals surface area contributed by atoms with Crippen molar-refractivity contribution in [2.75, 3.05) is 5.75 Å². The zero-order valence-electron chi connectivity index (χ0n) is 10.2. The number of aromatic hydroxyl groups is 1. The van der Waals surface area contributed by atoms with Crippen molar-refractivity contribution in [2.24, 2.45) is 0 Å². The van der Waals surface area contributed by atoms with Gasteiger partial charge in [-0.25, -0.2) is 4.39 Å². The number of benzene rings is 2. The van der Waals surface area contributed by atoms with Gasteiger partial charge in [-0.15, -0.1) is 11.8 Å². The number of carbonyl (C=O) groups is 1. The molecule has 0 radical (unpaired) electrons. The molecule has 0 heterocycles. The second-order valence-corrected chi connectivity index (χ2v) is 5.12. The van der Waals surface area contributed by atoms with Crippen molar-refractivity contribution in [3.8, 4) is 5.75 Å². The molecule has 98 valence electrons. The van der Waals surface area contributed by atoms with Crippen LogP contribution in [0.15, 0.2) is 53.4 Å². The number of phenols is 1. The first-order valence-electron chi connectivity index (χ1n) is 5.82. The van der Waals surface area contributed by atoms with Gasteiger partial charge < -0.3 is 5.11 Å². The number of phenolic OH excluding ortho intramolecular Hbond substituents is 1. The van der Waals surface area contributed by atoms with Crippen LogP contribution in [0.1, 0.15) is 5.56 Å². The van der Waals surface area contributed by atoms with E-state index in [9.17, 15) is 9.18 Å². The Bertz CT molecular complexity index is 567. The predicted octanol–water partition coefficient (Wildman–Crippen LogP) is 3.44. The Morgan fingerprint density at radius 3 is 2.47 bits per heavy atom. The lowest BCUT2D eigenvalue weighted by Gasteiger charge is -2.03. The second kappa shape index (κ2) is 6.38. The molecule has 0 aliphatic carbocycles. The summed E-state index contributed by atoms with van der Waals surface area (Å²) in [4.78, 5) is 12.3. The minimum absolute atomic E-state index is 0.0268. The third kappa shape index (κ3) is 4.10. The molecule has 19 heavy (non-hydrogen) atoms. The molecule has 0 bridgehead atoms. The SMILES string of the molecule is O=C(CSc1ccccc1F)Cc1ccc(O)cc1. The lowest BCUT2D eigenvalue weighted by molar-refractivity contribution is -0.116. The maximum atomic E-state index is 13.4. The molecule has 0 aliphatic heterocycles. The van der Waals surface area contributed by atoms with E-state index in [-0.39, 0.29) is 23.1 Å². The number of ketones is 1. The smallest absolute Gasteiger partial charge is 0.147 e. The summed E-state index contributed by atoms with van der Waals surface area (Å²) in [5.41, 5.74) is 0.844. The van der Waals surface area contributed by atoms with E-state index in [4.69, 9.17) is 5.11 Å².